The summed E-state index contributed by atoms with van der Waals surface area (Å²) in [6.45, 7) is 7.42. The molecule has 25 heavy (non-hydrogen) atoms. The second kappa shape index (κ2) is 6.98. The van der Waals surface area contributed by atoms with Crippen LogP contribution in [0.25, 0.3) is 0 Å². The Morgan fingerprint density at radius 3 is 2.52 bits per heavy atom. The van der Waals surface area contributed by atoms with Gasteiger partial charge in [-0.3, -0.25) is 0 Å². The zero-order chi connectivity index (χ0) is 18.1. The van der Waals surface area contributed by atoms with E-state index in [1.54, 1.807) is 39.0 Å². The Kier molecular flexibility index (Phi) is 4.92. The van der Waals surface area contributed by atoms with Gasteiger partial charge in [0.15, 0.2) is 12.6 Å². The summed E-state index contributed by atoms with van der Waals surface area (Å²) in [5, 5.41) is 3.18. The predicted octanol–water partition coefficient (Wildman–Crippen LogP) is 3.34. The van der Waals surface area contributed by atoms with E-state index in [-0.39, 0.29) is 18.7 Å². The average Bonchev–Trinajstić information content (AvgIpc) is 2.52. The van der Waals surface area contributed by atoms with E-state index >= 15 is 0 Å². The molecule has 2 aliphatic heterocycles. The average molecular weight is 347 g/mol. The first kappa shape index (κ1) is 17.6. The molecule has 1 aromatic rings. The number of ether oxygens (including phenoxy) is 3. The molecule has 1 saturated heterocycles. The number of benzene rings is 1. The van der Waals surface area contributed by atoms with Gasteiger partial charge in [-0.05, 0) is 39.3 Å². The summed E-state index contributed by atoms with van der Waals surface area (Å²) >= 11 is 0. The maximum absolute atomic E-state index is 14.6. The van der Waals surface area contributed by atoms with Gasteiger partial charge in [-0.1, -0.05) is 18.2 Å². The van der Waals surface area contributed by atoms with Crippen molar-refractivity contribution in [2.24, 2.45) is 0 Å². The Bertz CT molecular complexity index is 750. The molecule has 134 valence electrons. The van der Waals surface area contributed by atoms with E-state index in [9.17, 15) is 9.18 Å². The molecule has 2 aliphatic rings. The van der Waals surface area contributed by atoms with Gasteiger partial charge < -0.3 is 19.5 Å². The number of carbonyl (C=O) groups is 1. The highest BCUT2D eigenvalue weighted by Gasteiger charge is 2.43. The summed E-state index contributed by atoms with van der Waals surface area (Å²) in [7, 11) is 0. The fourth-order valence-corrected chi connectivity index (χ4v) is 3.34. The van der Waals surface area contributed by atoms with Gasteiger partial charge in [0.2, 0.25) is 0 Å². The molecule has 0 bridgehead atoms. The van der Waals surface area contributed by atoms with Crippen LogP contribution in [0.15, 0.2) is 46.8 Å². The molecule has 0 spiro atoms. The lowest BCUT2D eigenvalue weighted by atomic mass is 9.79. The number of carbonyl (C=O) groups excluding carboxylic acids is 1. The first-order chi connectivity index (χ1) is 11.9. The molecule has 6 heteroatoms. The van der Waals surface area contributed by atoms with E-state index in [0.29, 0.717) is 22.4 Å². The third-order valence-electron chi connectivity index (χ3n) is 4.41. The molecule has 5 nitrogen and oxygen atoms in total. The lowest BCUT2D eigenvalue weighted by Crippen LogP contribution is -2.45. The number of halogens is 1. The summed E-state index contributed by atoms with van der Waals surface area (Å²) in [6, 6.07) is 6.42. The minimum atomic E-state index is -0.626. The zero-order valence-electron chi connectivity index (χ0n) is 14.8. The van der Waals surface area contributed by atoms with E-state index < -0.39 is 18.2 Å². The molecule has 1 unspecified atom stereocenters. The van der Waals surface area contributed by atoms with Gasteiger partial charge >= 0.3 is 5.97 Å². The topological polar surface area (TPSA) is 56.8 Å². The molecule has 0 amide bonds. The van der Waals surface area contributed by atoms with Gasteiger partial charge in [0.1, 0.15) is 5.82 Å². The third kappa shape index (κ3) is 3.19. The van der Waals surface area contributed by atoms with Gasteiger partial charge in [0.05, 0.1) is 12.2 Å². The number of dihydropyridines is 1. The first-order valence-electron chi connectivity index (χ1n) is 8.35. The van der Waals surface area contributed by atoms with Crippen LogP contribution in [0, 0.1) is 5.82 Å². The Labute approximate surface area is 146 Å². The smallest absolute Gasteiger partial charge is 0.336 e. The molecular weight excluding hydrogens is 325 g/mol. The maximum atomic E-state index is 14.6. The van der Waals surface area contributed by atoms with Crippen LogP contribution in [0.5, 0.6) is 0 Å². The van der Waals surface area contributed by atoms with Gasteiger partial charge in [-0.2, -0.15) is 0 Å². The van der Waals surface area contributed by atoms with Crippen LogP contribution in [0.3, 0.4) is 0 Å². The van der Waals surface area contributed by atoms with Crippen LogP contribution >= 0.6 is 0 Å². The van der Waals surface area contributed by atoms with Crippen molar-refractivity contribution in [2.45, 2.75) is 46.2 Å². The number of allylic oxidation sites excluding steroid dienone is 2. The predicted molar refractivity (Wildman–Crippen MR) is 89.7 cm³/mol. The number of nitrogens with one attached hydrogen (secondary N) is 1. The quantitative estimate of drug-likeness (QED) is 0.847. The molecule has 0 aromatic heterocycles. The van der Waals surface area contributed by atoms with Crippen LogP contribution < -0.4 is 5.32 Å². The number of rotatable bonds is 4. The van der Waals surface area contributed by atoms with Gasteiger partial charge in [0.25, 0.3) is 0 Å². The molecule has 3 rings (SSSR count). The SMILES string of the molecule is CCOC(=O)C1=C(C)NC(C)=C(C2OC(C)O2)C1c1ccccc1F. The van der Waals surface area contributed by atoms with Crippen LogP contribution in [0.1, 0.15) is 39.2 Å². The number of esters is 1. The van der Waals surface area contributed by atoms with Crippen molar-refractivity contribution in [2.75, 3.05) is 6.61 Å². The molecule has 1 N–H and O–H groups in total. The Hall–Kier alpha value is -2.18. The van der Waals surface area contributed by atoms with Crippen molar-refractivity contribution < 1.29 is 23.4 Å². The number of hydrogen-bond donors (Lipinski definition) is 1. The molecule has 0 aliphatic carbocycles. The van der Waals surface area contributed by atoms with Crippen molar-refractivity contribution >= 4 is 5.97 Å². The summed E-state index contributed by atoms with van der Waals surface area (Å²) < 4.78 is 31.1. The zero-order valence-corrected chi connectivity index (χ0v) is 14.8. The molecule has 1 aromatic carbocycles. The first-order valence-corrected chi connectivity index (χ1v) is 8.35. The van der Waals surface area contributed by atoms with E-state index in [1.165, 1.54) is 6.07 Å². The lowest BCUT2D eigenvalue weighted by molar-refractivity contribution is -0.360. The highest BCUT2D eigenvalue weighted by atomic mass is 19.1. The minimum Gasteiger partial charge on any atom is -0.463 e. The monoisotopic (exact) mass is 347 g/mol. The van der Waals surface area contributed by atoms with Crippen LogP contribution in [0.4, 0.5) is 4.39 Å². The number of hydrogen-bond acceptors (Lipinski definition) is 5. The van der Waals surface area contributed by atoms with E-state index in [0.717, 1.165) is 5.70 Å². The maximum Gasteiger partial charge on any atom is 0.336 e. The Balaban J connectivity index is 2.12. The second-order valence-electron chi connectivity index (χ2n) is 6.09. The molecule has 2 heterocycles. The minimum absolute atomic E-state index is 0.241. The van der Waals surface area contributed by atoms with E-state index in [1.807, 2.05) is 6.92 Å². The van der Waals surface area contributed by atoms with E-state index in [4.69, 9.17) is 14.2 Å². The largest absolute Gasteiger partial charge is 0.463 e. The summed E-state index contributed by atoms with van der Waals surface area (Å²) in [5.41, 5.74) is 2.89. The van der Waals surface area contributed by atoms with Crippen LogP contribution in [-0.4, -0.2) is 25.2 Å². The second-order valence-corrected chi connectivity index (χ2v) is 6.09. The van der Waals surface area contributed by atoms with Crippen molar-refractivity contribution in [3.63, 3.8) is 0 Å². The van der Waals surface area contributed by atoms with Gasteiger partial charge in [-0.15, -0.1) is 0 Å². The van der Waals surface area contributed by atoms with Crippen molar-refractivity contribution in [3.8, 4) is 0 Å². The van der Waals surface area contributed by atoms with Crippen LogP contribution in [-0.2, 0) is 19.0 Å². The van der Waals surface area contributed by atoms with Crippen LogP contribution in [0.2, 0.25) is 0 Å². The Morgan fingerprint density at radius 1 is 1.24 bits per heavy atom. The molecule has 1 atom stereocenters. The summed E-state index contributed by atoms with van der Waals surface area (Å²) in [4.78, 5) is 12.6. The normalized spacial score (nSPS) is 26.2. The van der Waals surface area contributed by atoms with Gasteiger partial charge in [-0.25, -0.2) is 9.18 Å². The van der Waals surface area contributed by atoms with Gasteiger partial charge in [0, 0.05) is 22.9 Å². The lowest BCUT2D eigenvalue weighted by Gasteiger charge is -2.41. The molecule has 0 saturated carbocycles. The fraction of sp³-hybridized carbons (Fsp3) is 0.421. The van der Waals surface area contributed by atoms with Crippen molar-refractivity contribution in [3.05, 3.63) is 58.2 Å². The summed E-state index contributed by atoms with van der Waals surface area (Å²) in [5.74, 6) is -1.49. The highest BCUT2D eigenvalue weighted by molar-refractivity contribution is 5.92. The standard InChI is InChI=1S/C19H22FNO4/c1-5-23-18(22)15-10(2)21-11(3)16(19-24-12(4)25-19)17(15)13-8-6-7-9-14(13)20/h6-9,12,17,19,21H,5H2,1-4H3. The Morgan fingerprint density at radius 2 is 1.92 bits per heavy atom. The summed E-state index contributed by atoms with van der Waals surface area (Å²) in [6.07, 6.45) is -0.950. The van der Waals surface area contributed by atoms with Crippen molar-refractivity contribution in [1.29, 1.82) is 0 Å². The third-order valence-corrected chi connectivity index (χ3v) is 4.41. The van der Waals surface area contributed by atoms with E-state index in [2.05, 4.69) is 5.32 Å². The molecule has 0 radical (unpaired) electrons. The molecular formula is C19H22FNO4. The highest BCUT2D eigenvalue weighted by Crippen LogP contribution is 2.44. The fourth-order valence-electron chi connectivity index (χ4n) is 3.34. The van der Waals surface area contributed by atoms with Crippen molar-refractivity contribution in [1.82, 2.24) is 5.32 Å². The molecule has 1 fully saturated rings.